The van der Waals surface area contributed by atoms with Crippen molar-refractivity contribution in [3.63, 3.8) is 0 Å². The highest BCUT2D eigenvalue weighted by molar-refractivity contribution is 9.11. The molecule has 3 heterocycles. The zero-order valence-corrected chi connectivity index (χ0v) is 17.9. The van der Waals surface area contributed by atoms with Crippen LogP contribution in [0.25, 0.3) is 6.08 Å². The van der Waals surface area contributed by atoms with Gasteiger partial charge in [0.05, 0.1) is 3.79 Å². The van der Waals surface area contributed by atoms with Crippen LogP contribution in [-0.4, -0.2) is 56.5 Å². The van der Waals surface area contributed by atoms with Gasteiger partial charge in [0.1, 0.15) is 4.21 Å². The normalized spacial score (nSPS) is 17.4. The van der Waals surface area contributed by atoms with E-state index in [1.807, 2.05) is 12.1 Å². The van der Waals surface area contributed by atoms with Gasteiger partial charge < -0.3 is 14.4 Å². The van der Waals surface area contributed by atoms with Gasteiger partial charge in [0.15, 0.2) is 11.5 Å². The Morgan fingerprint density at radius 1 is 1.07 bits per heavy atom. The summed E-state index contributed by atoms with van der Waals surface area (Å²) in [6, 6.07) is 8.78. The lowest BCUT2D eigenvalue weighted by atomic mass is 10.2. The summed E-state index contributed by atoms with van der Waals surface area (Å²) < 4.78 is 38.4. The minimum atomic E-state index is -3.51. The van der Waals surface area contributed by atoms with Crippen molar-refractivity contribution in [1.29, 1.82) is 0 Å². The molecule has 2 aliphatic rings. The van der Waals surface area contributed by atoms with E-state index in [1.54, 1.807) is 29.2 Å². The predicted octanol–water partition coefficient (Wildman–Crippen LogP) is 2.79. The molecule has 1 amide bonds. The maximum absolute atomic E-state index is 12.7. The lowest BCUT2D eigenvalue weighted by Gasteiger charge is -2.33. The Hall–Kier alpha value is -1.88. The third kappa shape index (κ3) is 3.95. The zero-order chi connectivity index (χ0) is 19.7. The van der Waals surface area contributed by atoms with Gasteiger partial charge in [-0.15, -0.1) is 11.3 Å². The zero-order valence-electron chi connectivity index (χ0n) is 14.7. The molecule has 1 aromatic heterocycles. The van der Waals surface area contributed by atoms with Gasteiger partial charge in [0, 0.05) is 32.3 Å². The third-order valence-corrected chi connectivity index (χ3v) is 8.50. The van der Waals surface area contributed by atoms with E-state index >= 15 is 0 Å². The molecule has 0 N–H and O–H groups in total. The summed E-state index contributed by atoms with van der Waals surface area (Å²) in [5.41, 5.74) is 0.835. The number of carbonyl (C=O) groups is 1. The van der Waals surface area contributed by atoms with E-state index < -0.39 is 10.0 Å². The summed E-state index contributed by atoms with van der Waals surface area (Å²) in [5.74, 6) is 1.21. The minimum absolute atomic E-state index is 0.145. The Labute approximate surface area is 175 Å². The number of halogens is 1. The first kappa shape index (κ1) is 19.4. The van der Waals surface area contributed by atoms with Crippen LogP contribution >= 0.6 is 27.3 Å². The number of nitrogens with zero attached hydrogens (tertiary/aromatic N) is 2. The molecule has 0 atom stereocenters. The highest BCUT2D eigenvalue weighted by Gasteiger charge is 2.30. The second kappa shape index (κ2) is 7.86. The number of amides is 1. The summed E-state index contributed by atoms with van der Waals surface area (Å²) in [6.07, 6.45) is 3.22. The topological polar surface area (TPSA) is 76.2 Å². The summed E-state index contributed by atoms with van der Waals surface area (Å²) >= 11 is 4.48. The number of benzene rings is 1. The summed E-state index contributed by atoms with van der Waals surface area (Å²) in [4.78, 5) is 14.1. The second-order valence-corrected chi connectivity index (χ2v) is 10.9. The third-order valence-electron chi connectivity index (χ3n) is 4.51. The van der Waals surface area contributed by atoms with Crippen LogP contribution in [0.15, 0.2) is 44.4 Å². The van der Waals surface area contributed by atoms with Crippen LogP contribution < -0.4 is 9.47 Å². The maximum Gasteiger partial charge on any atom is 0.252 e. The molecule has 0 radical (unpaired) electrons. The first-order chi connectivity index (χ1) is 13.4. The maximum atomic E-state index is 12.7. The lowest BCUT2D eigenvalue weighted by Crippen LogP contribution is -2.50. The highest BCUT2D eigenvalue weighted by atomic mass is 79.9. The monoisotopic (exact) mass is 484 g/mol. The Bertz CT molecular complexity index is 1030. The van der Waals surface area contributed by atoms with E-state index in [9.17, 15) is 13.2 Å². The average molecular weight is 485 g/mol. The summed E-state index contributed by atoms with van der Waals surface area (Å²) in [7, 11) is -3.51. The van der Waals surface area contributed by atoms with E-state index in [0.717, 1.165) is 9.35 Å². The number of rotatable bonds is 4. The van der Waals surface area contributed by atoms with Crippen LogP contribution in [0.5, 0.6) is 11.5 Å². The lowest BCUT2D eigenvalue weighted by molar-refractivity contribution is -0.127. The van der Waals surface area contributed by atoms with Crippen LogP contribution in [-0.2, 0) is 14.8 Å². The molecule has 2 aromatic rings. The van der Waals surface area contributed by atoms with Crippen LogP contribution in [0, 0.1) is 0 Å². The van der Waals surface area contributed by atoms with Gasteiger partial charge >= 0.3 is 0 Å². The van der Waals surface area contributed by atoms with E-state index in [1.165, 1.54) is 21.7 Å². The van der Waals surface area contributed by atoms with Gasteiger partial charge in [0.2, 0.25) is 12.7 Å². The molecular weight excluding hydrogens is 468 g/mol. The molecule has 2 aliphatic heterocycles. The Morgan fingerprint density at radius 3 is 2.54 bits per heavy atom. The molecule has 7 nitrogen and oxygen atoms in total. The Morgan fingerprint density at radius 2 is 1.82 bits per heavy atom. The average Bonchev–Trinajstić information content (AvgIpc) is 3.34. The molecule has 28 heavy (non-hydrogen) atoms. The predicted molar refractivity (Wildman–Crippen MR) is 109 cm³/mol. The molecule has 0 saturated carbocycles. The molecule has 0 aliphatic carbocycles. The van der Waals surface area contributed by atoms with E-state index in [2.05, 4.69) is 15.9 Å². The number of carbonyl (C=O) groups excluding carboxylic acids is 1. The molecule has 1 saturated heterocycles. The molecule has 4 rings (SSSR count). The van der Waals surface area contributed by atoms with Crippen LogP contribution in [0.1, 0.15) is 5.56 Å². The SMILES string of the molecule is O=C(C=Cc1ccc2c(c1)OCO2)N1CCN(S(=O)(=O)c2ccc(Br)s2)CC1. The quantitative estimate of drug-likeness (QED) is 0.623. The van der Waals surface area contributed by atoms with Crippen molar-refractivity contribution < 1.29 is 22.7 Å². The number of fused-ring (bicyclic) bond motifs is 1. The van der Waals surface area contributed by atoms with Crippen LogP contribution in [0.3, 0.4) is 0 Å². The molecule has 1 fully saturated rings. The van der Waals surface area contributed by atoms with E-state index in [-0.39, 0.29) is 25.8 Å². The van der Waals surface area contributed by atoms with Crippen LogP contribution in [0.2, 0.25) is 0 Å². The fraction of sp³-hybridized carbons (Fsp3) is 0.278. The van der Waals surface area contributed by atoms with E-state index in [4.69, 9.17) is 9.47 Å². The van der Waals surface area contributed by atoms with Crippen molar-refractivity contribution in [2.45, 2.75) is 4.21 Å². The van der Waals surface area contributed by atoms with Gasteiger partial charge in [-0.1, -0.05) is 6.07 Å². The number of hydrogen-bond donors (Lipinski definition) is 0. The molecule has 1 aromatic carbocycles. The van der Waals surface area contributed by atoms with Gasteiger partial charge in [-0.2, -0.15) is 4.31 Å². The highest BCUT2D eigenvalue weighted by Crippen LogP contribution is 2.33. The second-order valence-electron chi connectivity index (χ2n) is 6.23. The molecule has 148 valence electrons. The van der Waals surface area contributed by atoms with Gasteiger partial charge in [-0.25, -0.2) is 8.42 Å². The fourth-order valence-electron chi connectivity index (χ4n) is 3.00. The van der Waals surface area contributed by atoms with Crippen molar-refractivity contribution >= 4 is 49.3 Å². The molecular formula is C18H17BrN2O5S2. The molecule has 0 bridgehead atoms. The van der Waals surface area contributed by atoms with Crippen molar-refractivity contribution in [3.8, 4) is 11.5 Å². The fourth-order valence-corrected chi connectivity index (χ4v) is 6.59. The standard InChI is InChI=1S/C18H17BrN2O5S2/c19-16-4-6-18(27-16)28(23,24)21-9-7-20(8-10-21)17(22)5-2-13-1-3-14-15(11-13)26-12-25-14/h1-6,11H,7-10,12H2. The number of piperazine rings is 1. The Kier molecular flexibility index (Phi) is 5.46. The number of ether oxygens (including phenoxy) is 2. The van der Waals surface area contributed by atoms with Crippen molar-refractivity contribution in [3.05, 3.63) is 45.8 Å². The van der Waals surface area contributed by atoms with Crippen molar-refractivity contribution in [2.24, 2.45) is 0 Å². The number of sulfonamides is 1. The first-order valence-electron chi connectivity index (χ1n) is 8.55. The number of hydrogen-bond acceptors (Lipinski definition) is 6. The van der Waals surface area contributed by atoms with E-state index in [0.29, 0.717) is 28.8 Å². The van der Waals surface area contributed by atoms with Gasteiger partial charge in [0.25, 0.3) is 10.0 Å². The van der Waals surface area contributed by atoms with Crippen molar-refractivity contribution in [2.75, 3.05) is 33.0 Å². The summed E-state index contributed by atoms with van der Waals surface area (Å²) in [5, 5.41) is 0. The molecule has 10 heteroatoms. The smallest absolute Gasteiger partial charge is 0.252 e. The first-order valence-corrected chi connectivity index (χ1v) is 11.6. The van der Waals surface area contributed by atoms with Gasteiger partial charge in [-0.05, 0) is 51.8 Å². The van der Waals surface area contributed by atoms with Gasteiger partial charge in [-0.3, -0.25) is 4.79 Å². The van der Waals surface area contributed by atoms with Crippen molar-refractivity contribution in [1.82, 2.24) is 9.21 Å². The summed E-state index contributed by atoms with van der Waals surface area (Å²) in [6.45, 7) is 1.48. The van der Waals surface area contributed by atoms with Crippen LogP contribution in [0.4, 0.5) is 0 Å². The largest absolute Gasteiger partial charge is 0.454 e. The molecule has 0 spiro atoms. The number of thiophene rings is 1. The Balaban J connectivity index is 1.36. The molecule has 0 unspecified atom stereocenters. The minimum Gasteiger partial charge on any atom is -0.454 e.